The van der Waals surface area contributed by atoms with E-state index in [1.54, 1.807) is 12.5 Å². The van der Waals surface area contributed by atoms with Crippen molar-refractivity contribution in [1.82, 2.24) is 14.5 Å². The van der Waals surface area contributed by atoms with Crippen LogP contribution in [0.25, 0.3) is 0 Å². The lowest BCUT2D eigenvalue weighted by molar-refractivity contribution is -0.139. The highest BCUT2D eigenvalue weighted by Gasteiger charge is 2.37. The van der Waals surface area contributed by atoms with Crippen LogP contribution >= 0.6 is 0 Å². The number of hydrogen-bond acceptors (Lipinski definition) is 3. The number of benzene rings is 1. The van der Waals surface area contributed by atoms with Gasteiger partial charge in [0.25, 0.3) is 0 Å². The molecule has 5 heteroatoms. The Morgan fingerprint density at radius 2 is 1.95 bits per heavy atom. The number of imidazole rings is 1. The molecule has 0 aliphatic carbocycles. The van der Waals surface area contributed by atoms with Crippen LogP contribution < -0.4 is 0 Å². The SMILES string of the molecule is O=C1C[C@H](Cc2ccccc2)C(=O)N1CCCn1ccnc1. The summed E-state index contributed by atoms with van der Waals surface area (Å²) in [7, 11) is 0. The molecule has 2 aromatic rings. The zero-order valence-electron chi connectivity index (χ0n) is 12.4. The van der Waals surface area contributed by atoms with Gasteiger partial charge in [-0.1, -0.05) is 30.3 Å². The van der Waals surface area contributed by atoms with Crippen molar-refractivity contribution >= 4 is 11.8 Å². The lowest BCUT2D eigenvalue weighted by Gasteiger charge is -2.15. The normalized spacial score (nSPS) is 18.2. The fourth-order valence-corrected chi connectivity index (χ4v) is 2.87. The Kier molecular flexibility index (Phi) is 4.32. The monoisotopic (exact) mass is 297 g/mol. The second-order valence-corrected chi connectivity index (χ2v) is 5.63. The summed E-state index contributed by atoms with van der Waals surface area (Å²) in [5.41, 5.74) is 1.11. The molecule has 3 rings (SSSR count). The lowest BCUT2D eigenvalue weighted by atomic mass is 9.98. The van der Waals surface area contributed by atoms with Crippen molar-refractivity contribution in [3.05, 3.63) is 54.6 Å². The van der Waals surface area contributed by atoms with Crippen molar-refractivity contribution in [2.75, 3.05) is 6.54 Å². The van der Waals surface area contributed by atoms with E-state index in [9.17, 15) is 9.59 Å². The molecule has 1 aromatic heterocycles. The molecule has 1 aliphatic rings. The molecule has 0 N–H and O–H groups in total. The third kappa shape index (κ3) is 3.24. The smallest absolute Gasteiger partial charge is 0.233 e. The van der Waals surface area contributed by atoms with E-state index in [1.165, 1.54) is 4.90 Å². The number of hydrogen-bond donors (Lipinski definition) is 0. The topological polar surface area (TPSA) is 55.2 Å². The molecule has 1 aliphatic heterocycles. The van der Waals surface area contributed by atoms with Crippen molar-refractivity contribution in [2.24, 2.45) is 5.92 Å². The fraction of sp³-hybridized carbons (Fsp3) is 0.353. The minimum absolute atomic E-state index is 0.0283. The summed E-state index contributed by atoms with van der Waals surface area (Å²) in [5.74, 6) is -0.279. The van der Waals surface area contributed by atoms with Crippen molar-refractivity contribution < 1.29 is 9.59 Å². The first-order valence-electron chi connectivity index (χ1n) is 7.58. The number of imide groups is 1. The molecule has 5 nitrogen and oxygen atoms in total. The number of carbonyl (C=O) groups excluding carboxylic acids is 2. The minimum atomic E-state index is -0.205. The van der Waals surface area contributed by atoms with Crippen LogP contribution in [-0.4, -0.2) is 32.8 Å². The minimum Gasteiger partial charge on any atom is -0.337 e. The second kappa shape index (κ2) is 6.56. The quantitative estimate of drug-likeness (QED) is 0.765. The molecule has 0 saturated carbocycles. The summed E-state index contributed by atoms with van der Waals surface area (Å²) in [6.07, 6.45) is 7.08. The molecule has 1 fully saturated rings. The molecular weight excluding hydrogens is 278 g/mol. The molecule has 1 aromatic carbocycles. The molecule has 1 atom stereocenters. The van der Waals surface area contributed by atoms with E-state index in [0.29, 0.717) is 19.4 Å². The Labute approximate surface area is 129 Å². The van der Waals surface area contributed by atoms with Gasteiger partial charge in [0.1, 0.15) is 0 Å². The van der Waals surface area contributed by atoms with Gasteiger partial charge in [0.05, 0.1) is 12.2 Å². The summed E-state index contributed by atoms with van der Waals surface area (Å²) in [6.45, 7) is 1.25. The number of aryl methyl sites for hydroxylation is 1. The number of nitrogens with zero attached hydrogens (tertiary/aromatic N) is 3. The number of rotatable bonds is 6. The Hall–Kier alpha value is -2.43. The zero-order chi connectivity index (χ0) is 15.4. The van der Waals surface area contributed by atoms with Gasteiger partial charge in [0.2, 0.25) is 11.8 Å². The molecule has 0 spiro atoms. The van der Waals surface area contributed by atoms with E-state index in [2.05, 4.69) is 4.98 Å². The molecule has 114 valence electrons. The Morgan fingerprint density at radius 1 is 1.14 bits per heavy atom. The van der Waals surface area contributed by atoms with Gasteiger partial charge in [0, 0.05) is 31.9 Å². The Balaban J connectivity index is 1.54. The van der Waals surface area contributed by atoms with E-state index < -0.39 is 0 Å². The number of carbonyl (C=O) groups is 2. The van der Waals surface area contributed by atoms with Crippen LogP contribution in [0.4, 0.5) is 0 Å². The number of likely N-dealkylation sites (tertiary alicyclic amines) is 1. The summed E-state index contributed by atoms with van der Waals surface area (Å²) in [6, 6.07) is 9.87. The Morgan fingerprint density at radius 3 is 2.68 bits per heavy atom. The highest BCUT2D eigenvalue weighted by molar-refractivity contribution is 6.03. The maximum atomic E-state index is 12.4. The van der Waals surface area contributed by atoms with Gasteiger partial charge in [-0.25, -0.2) is 4.98 Å². The van der Waals surface area contributed by atoms with Crippen LogP contribution in [0.2, 0.25) is 0 Å². The first-order valence-corrected chi connectivity index (χ1v) is 7.58. The molecule has 0 radical (unpaired) electrons. The summed E-state index contributed by atoms with van der Waals surface area (Å²) in [5, 5.41) is 0. The maximum absolute atomic E-state index is 12.4. The van der Waals surface area contributed by atoms with Crippen LogP contribution in [0.5, 0.6) is 0 Å². The van der Waals surface area contributed by atoms with E-state index >= 15 is 0 Å². The van der Waals surface area contributed by atoms with E-state index in [0.717, 1.165) is 18.5 Å². The van der Waals surface area contributed by atoms with E-state index in [-0.39, 0.29) is 17.7 Å². The average Bonchev–Trinajstić information content (AvgIpc) is 3.12. The van der Waals surface area contributed by atoms with Crippen molar-refractivity contribution in [2.45, 2.75) is 25.8 Å². The summed E-state index contributed by atoms with van der Waals surface area (Å²) in [4.78, 5) is 29.9. The summed E-state index contributed by atoms with van der Waals surface area (Å²) >= 11 is 0. The molecule has 0 unspecified atom stereocenters. The highest BCUT2D eigenvalue weighted by atomic mass is 16.2. The summed E-state index contributed by atoms with van der Waals surface area (Å²) < 4.78 is 1.95. The highest BCUT2D eigenvalue weighted by Crippen LogP contribution is 2.23. The van der Waals surface area contributed by atoms with Gasteiger partial charge in [-0.2, -0.15) is 0 Å². The average molecular weight is 297 g/mol. The van der Waals surface area contributed by atoms with Crippen LogP contribution in [0.15, 0.2) is 49.1 Å². The zero-order valence-corrected chi connectivity index (χ0v) is 12.4. The van der Waals surface area contributed by atoms with Gasteiger partial charge < -0.3 is 4.57 Å². The molecule has 0 bridgehead atoms. The predicted octanol–water partition coefficient (Wildman–Crippen LogP) is 1.89. The van der Waals surface area contributed by atoms with E-state index in [1.807, 2.05) is 41.1 Å². The lowest BCUT2D eigenvalue weighted by Crippen LogP contribution is -2.32. The van der Waals surface area contributed by atoms with Crippen LogP contribution in [0.1, 0.15) is 18.4 Å². The standard InChI is InChI=1S/C17H19N3O2/c21-16-12-15(11-14-5-2-1-3-6-14)17(22)20(16)9-4-8-19-10-7-18-13-19/h1-3,5-7,10,13,15H,4,8-9,11-12H2/t15-/m0/s1. The molecule has 2 heterocycles. The molecule has 1 saturated heterocycles. The third-order valence-electron chi connectivity index (χ3n) is 4.02. The van der Waals surface area contributed by atoms with Crippen LogP contribution in [0.3, 0.4) is 0 Å². The third-order valence-corrected chi connectivity index (χ3v) is 4.02. The van der Waals surface area contributed by atoms with E-state index in [4.69, 9.17) is 0 Å². The van der Waals surface area contributed by atoms with Crippen molar-refractivity contribution in [3.63, 3.8) is 0 Å². The number of amides is 2. The molecule has 2 amide bonds. The first kappa shape index (κ1) is 14.5. The predicted molar refractivity (Wildman–Crippen MR) is 81.8 cm³/mol. The van der Waals surface area contributed by atoms with Gasteiger partial charge in [-0.05, 0) is 18.4 Å². The van der Waals surface area contributed by atoms with Crippen LogP contribution in [0, 0.1) is 5.92 Å². The number of aromatic nitrogens is 2. The van der Waals surface area contributed by atoms with Gasteiger partial charge in [0.15, 0.2) is 0 Å². The van der Waals surface area contributed by atoms with Crippen molar-refractivity contribution in [1.29, 1.82) is 0 Å². The van der Waals surface area contributed by atoms with Crippen molar-refractivity contribution in [3.8, 4) is 0 Å². The second-order valence-electron chi connectivity index (χ2n) is 5.63. The maximum Gasteiger partial charge on any atom is 0.233 e. The molecule has 22 heavy (non-hydrogen) atoms. The van der Waals surface area contributed by atoms with Gasteiger partial charge in [-0.3, -0.25) is 14.5 Å². The van der Waals surface area contributed by atoms with Gasteiger partial charge in [-0.15, -0.1) is 0 Å². The molecular formula is C17H19N3O2. The largest absolute Gasteiger partial charge is 0.337 e. The fourth-order valence-electron chi connectivity index (χ4n) is 2.87. The first-order chi connectivity index (χ1) is 10.7. The van der Waals surface area contributed by atoms with Gasteiger partial charge >= 0.3 is 0 Å². The Bertz CT molecular complexity index is 637. The van der Waals surface area contributed by atoms with Crippen LogP contribution in [-0.2, 0) is 22.6 Å².